The summed E-state index contributed by atoms with van der Waals surface area (Å²) in [6.07, 6.45) is 0. The molecule has 8 rings (SSSR count). The van der Waals surface area contributed by atoms with Crippen LogP contribution in [0.5, 0.6) is 0 Å². The van der Waals surface area contributed by atoms with E-state index in [1.54, 1.807) is 0 Å². The van der Waals surface area contributed by atoms with E-state index in [0.717, 1.165) is 67.2 Å². The first-order valence-electron chi connectivity index (χ1n) is 15.7. The molecule has 44 heavy (non-hydrogen) atoms. The quantitative estimate of drug-likeness (QED) is 0.194. The molecule has 7 nitrogen and oxygen atoms in total. The summed E-state index contributed by atoms with van der Waals surface area (Å²) < 4.78 is 25.8. The summed E-state index contributed by atoms with van der Waals surface area (Å²) in [6.45, 7) is 17.5. The lowest BCUT2D eigenvalue weighted by molar-refractivity contribution is 0.505. The van der Waals surface area contributed by atoms with Gasteiger partial charge in [-0.3, -0.25) is 13.5 Å². The van der Waals surface area contributed by atoms with Gasteiger partial charge in [0.05, 0.1) is 27.9 Å². The summed E-state index contributed by atoms with van der Waals surface area (Å²) in [5.74, 6) is 3.85. The highest BCUT2D eigenvalue weighted by Gasteiger charge is 2.23. The van der Waals surface area contributed by atoms with Crippen LogP contribution in [0.1, 0.15) is 102 Å². The molecule has 2 aromatic carbocycles. The average molecular weight is 587 g/mol. The third kappa shape index (κ3) is 3.84. The zero-order chi connectivity index (χ0) is 30.6. The van der Waals surface area contributed by atoms with E-state index in [0.29, 0.717) is 29.5 Å². The fraction of sp³-hybridized carbons (Fsp3) is 0.324. The fourth-order valence-corrected chi connectivity index (χ4v) is 6.51. The molecule has 6 heterocycles. The summed E-state index contributed by atoms with van der Waals surface area (Å²) in [5, 5.41) is 2.26. The molecule has 0 aliphatic heterocycles. The maximum Gasteiger partial charge on any atom is 0.307 e. The molecule has 0 atom stereocenters. The van der Waals surface area contributed by atoms with Gasteiger partial charge in [0.15, 0.2) is 5.58 Å². The number of hydrogen-bond acceptors (Lipinski definition) is 4. The largest absolute Gasteiger partial charge is 0.444 e. The van der Waals surface area contributed by atoms with Gasteiger partial charge >= 0.3 is 5.84 Å². The Bertz CT molecular complexity index is 2200. The number of imidazole rings is 1. The smallest absolute Gasteiger partial charge is 0.307 e. The van der Waals surface area contributed by atoms with Gasteiger partial charge < -0.3 is 13.3 Å². The van der Waals surface area contributed by atoms with Crippen LogP contribution in [0.3, 0.4) is 0 Å². The van der Waals surface area contributed by atoms with E-state index in [2.05, 4.69) is 124 Å². The summed E-state index contributed by atoms with van der Waals surface area (Å²) in [7, 11) is 0. The van der Waals surface area contributed by atoms with Crippen molar-refractivity contribution in [1.82, 2.24) is 18.5 Å². The molecule has 0 saturated carbocycles. The molecule has 0 unspecified atom stereocenters. The lowest BCUT2D eigenvalue weighted by Crippen LogP contribution is -2.02. The number of rotatable bonds is 6. The second-order valence-corrected chi connectivity index (χ2v) is 13.4. The van der Waals surface area contributed by atoms with E-state index in [9.17, 15) is 0 Å². The van der Waals surface area contributed by atoms with Crippen LogP contribution in [-0.2, 0) is 0 Å². The van der Waals surface area contributed by atoms with E-state index >= 15 is 0 Å². The maximum atomic E-state index is 6.43. The van der Waals surface area contributed by atoms with Crippen molar-refractivity contribution in [2.75, 3.05) is 0 Å². The summed E-state index contributed by atoms with van der Waals surface area (Å²) >= 11 is 0. The van der Waals surface area contributed by atoms with Gasteiger partial charge in [0.25, 0.3) is 0 Å². The monoisotopic (exact) mass is 586 g/mol. The molecule has 224 valence electrons. The number of benzene rings is 2. The zero-order valence-corrected chi connectivity index (χ0v) is 26.6. The second kappa shape index (κ2) is 9.42. The van der Waals surface area contributed by atoms with Crippen LogP contribution in [-0.4, -0.2) is 18.5 Å². The zero-order valence-electron chi connectivity index (χ0n) is 26.6. The average Bonchev–Trinajstić information content (AvgIpc) is 3.78. The van der Waals surface area contributed by atoms with Gasteiger partial charge in [0.2, 0.25) is 11.4 Å². The van der Waals surface area contributed by atoms with E-state index in [1.165, 1.54) is 11.4 Å². The molecule has 6 aromatic heterocycles. The predicted molar refractivity (Wildman–Crippen MR) is 177 cm³/mol. The molecule has 0 radical (unpaired) electrons. The minimum Gasteiger partial charge on any atom is -0.444 e. The van der Waals surface area contributed by atoms with Crippen molar-refractivity contribution in [2.24, 2.45) is 0 Å². The third-order valence-corrected chi connectivity index (χ3v) is 8.88. The number of nitrogens with zero attached hydrogens (tertiary/aromatic N) is 4. The van der Waals surface area contributed by atoms with Crippen LogP contribution in [0, 0.1) is 0 Å². The van der Waals surface area contributed by atoms with Crippen LogP contribution >= 0.6 is 0 Å². The number of fused-ring (bicyclic) bond motifs is 7. The molecule has 0 saturated heterocycles. The summed E-state index contributed by atoms with van der Waals surface area (Å²) in [4.78, 5) is 4.87. The van der Waals surface area contributed by atoms with Crippen LogP contribution in [0.2, 0.25) is 0 Å². The highest BCUT2D eigenvalue weighted by molar-refractivity contribution is 5.91. The summed E-state index contributed by atoms with van der Waals surface area (Å²) in [5.41, 5.74) is 9.89. The van der Waals surface area contributed by atoms with Gasteiger partial charge in [-0.2, -0.15) is 4.98 Å². The Kier molecular flexibility index (Phi) is 5.77. The van der Waals surface area contributed by atoms with Crippen molar-refractivity contribution in [2.45, 2.75) is 79.1 Å². The Morgan fingerprint density at radius 1 is 0.545 bits per heavy atom. The molecule has 0 fully saturated rings. The molecule has 0 aliphatic rings. The van der Waals surface area contributed by atoms with Crippen LogP contribution < -0.4 is 0 Å². The van der Waals surface area contributed by atoms with Crippen molar-refractivity contribution in [3.8, 4) is 11.4 Å². The first-order valence-corrected chi connectivity index (χ1v) is 15.7. The number of furan rings is 2. The van der Waals surface area contributed by atoms with Gasteiger partial charge in [-0.1, -0.05) is 55.4 Å². The first kappa shape index (κ1) is 26.9. The predicted octanol–water partition coefficient (Wildman–Crippen LogP) is 10.8. The normalized spacial score (nSPS) is 12.9. The Labute approximate surface area is 255 Å². The van der Waals surface area contributed by atoms with Crippen LogP contribution in [0.25, 0.3) is 61.6 Å². The minimum atomic E-state index is 0.316. The van der Waals surface area contributed by atoms with Gasteiger partial charge in [0.1, 0.15) is 11.5 Å². The summed E-state index contributed by atoms with van der Waals surface area (Å²) in [6, 6.07) is 21.6. The lowest BCUT2D eigenvalue weighted by atomic mass is 10.1. The Morgan fingerprint density at radius 2 is 1.07 bits per heavy atom. The molecule has 0 N–H and O–H groups in total. The Hall–Kier alpha value is -4.65. The minimum absolute atomic E-state index is 0.316. The number of oxazole rings is 1. The van der Waals surface area contributed by atoms with Gasteiger partial charge in [-0.05, 0) is 72.5 Å². The molecule has 0 aliphatic carbocycles. The molecule has 7 heteroatoms. The molecular weight excluding hydrogens is 548 g/mol. The van der Waals surface area contributed by atoms with Crippen molar-refractivity contribution in [3.63, 3.8) is 0 Å². The molecule has 0 spiro atoms. The molecule has 0 amide bonds. The van der Waals surface area contributed by atoms with Gasteiger partial charge in [-0.15, -0.1) is 0 Å². The topological polar surface area (TPSA) is 66.6 Å². The highest BCUT2D eigenvalue weighted by atomic mass is 16.4. The van der Waals surface area contributed by atoms with Crippen molar-refractivity contribution < 1.29 is 13.3 Å². The van der Waals surface area contributed by atoms with Crippen LogP contribution in [0.4, 0.5) is 0 Å². The van der Waals surface area contributed by atoms with E-state index in [1.807, 2.05) is 6.07 Å². The molecular formula is C37H38N4O3. The standard InChI is InChI=1S/C37H38N4O3/c1-19(2)28-13-23-15-33(21(5)6)42-35(23)39(28)25-9-11-27-30(17-25)41-31-18-26(10-12-32(31)44-37(41)38-27)40-29(20(3)4)14-24-16-34(22(7)8)43-36(24)40/h9-22H,1-8H3. The number of hydrogen-bond donors (Lipinski definition) is 0. The lowest BCUT2D eigenvalue weighted by Gasteiger charge is -2.13. The van der Waals surface area contributed by atoms with Gasteiger partial charge in [0, 0.05) is 34.0 Å². The first-order chi connectivity index (χ1) is 21.1. The Balaban J connectivity index is 1.35. The van der Waals surface area contributed by atoms with E-state index in [-0.39, 0.29) is 0 Å². The molecule has 0 bridgehead atoms. The van der Waals surface area contributed by atoms with Crippen molar-refractivity contribution in [3.05, 3.63) is 83.6 Å². The number of aromatic nitrogens is 4. The second-order valence-electron chi connectivity index (χ2n) is 13.4. The Morgan fingerprint density at radius 3 is 1.59 bits per heavy atom. The molecule has 8 aromatic rings. The van der Waals surface area contributed by atoms with Crippen LogP contribution in [0.15, 0.2) is 73.9 Å². The van der Waals surface area contributed by atoms with E-state index < -0.39 is 0 Å². The van der Waals surface area contributed by atoms with Gasteiger partial charge in [-0.25, -0.2) is 0 Å². The van der Waals surface area contributed by atoms with Crippen molar-refractivity contribution in [1.29, 1.82) is 0 Å². The van der Waals surface area contributed by atoms with E-state index in [4.69, 9.17) is 18.2 Å². The highest BCUT2D eigenvalue weighted by Crippen LogP contribution is 2.37. The third-order valence-electron chi connectivity index (χ3n) is 8.88. The maximum absolute atomic E-state index is 6.43. The van der Waals surface area contributed by atoms with Crippen molar-refractivity contribution >= 4 is 50.2 Å². The SMILES string of the molecule is CC(C)c1cc2cc(C(C)C)n(-c3ccc4nc5oc6ccc(-n7c(C(C)C)cc8cc(C(C)C)oc87)cc6n5c4c3)c2o1. The fourth-order valence-electron chi connectivity index (χ4n) is 6.51.